The maximum Gasteiger partial charge on any atom is 0.241 e. The average Bonchev–Trinajstić information content (AvgIpc) is 3.54. The normalized spacial score (nSPS) is 26.6. The fourth-order valence-electron chi connectivity index (χ4n) is 5.99. The number of rotatable bonds is 6. The Morgan fingerprint density at radius 3 is 2.17 bits per heavy atom. The van der Waals surface area contributed by atoms with Gasteiger partial charge in [0.2, 0.25) is 11.8 Å². The fraction of sp³-hybridized carbons (Fsp3) is 0.444. The van der Waals surface area contributed by atoms with Crippen molar-refractivity contribution in [2.75, 3.05) is 19.6 Å². The molecule has 2 aromatic rings. The van der Waals surface area contributed by atoms with Crippen LogP contribution in [0.1, 0.15) is 36.9 Å². The van der Waals surface area contributed by atoms with Crippen molar-refractivity contribution in [2.24, 2.45) is 11.7 Å². The van der Waals surface area contributed by atoms with E-state index in [1.807, 2.05) is 16.7 Å². The molecule has 2 N–H and O–H groups in total. The maximum atomic E-state index is 13.6. The molecule has 3 fully saturated rings. The van der Waals surface area contributed by atoms with Crippen LogP contribution >= 0.6 is 0 Å². The molecule has 2 bridgehead atoms. The second-order valence-electron chi connectivity index (χ2n) is 10.2. The summed E-state index contributed by atoms with van der Waals surface area (Å²) in [4.78, 5) is 31.9. The molecule has 0 aliphatic carbocycles. The van der Waals surface area contributed by atoms with E-state index in [0.717, 1.165) is 11.1 Å². The summed E-state index contributed by atoms with van der Waals surface area (Å²) in [5.41, 5.74) is 7.77. The Bertz CT molecular complexity index is 1140. The molecule has 0 aromatic heterocycles. The lowest BCUT2D eigenvalue weighted by Gasteiger charge is -2.40. The van der Waals surface area contributed by atoms with Gasteiger partial charge in [-0.05, 0) is 54.2 Å². The Labute approximate surface area is 209 Å². The van der Waals surface area contributed by atoms with Crippen LogP contribution in [0.4, 0.5) is 8.78 Å². The topological polar surface area (TPSA) is 93.7 Å². The highest BCUT2D eigenvalue weighted by molar-refractivity contribution is 5.87. The van der Waals surface area contributed by atoms with Crippen LogP contribution in [0, 0.1) is 28.9 Å². The van der Waals surface area contributed by atoms with Gasteiger partial charge < -0.3 is 15.5 Å². The third-order valence-corrected chi connectivity index (χ3v) is 7.65. The largest absolute Gasteiger partial charge is 0.326 e. The van der Waals surface area contributed by atoms with E-state index in [4.69, 9.17) is 5.73 Å². The molecule has 7 nitrogen and oxygen atoms in total. The van der Waals surface area contributed by atoms with Crippen molar-refractivity contribution >= 4 is 11.8 Å². The number of nitriles is 1. The number of amides is 2. The number of nitrogens with zero attached hydrogens (tertiary/aromatic N) is 4. The van der Waals surface area contributed by atoms with Crippen molar-refractivity contribution in [3.63, 3.8) is 0 Å². The second kappa shape index (κ2) is 9.60. The highest BCUT2D eigenvalue weighted by Crippen LogP contribution is 2.41. The number of likely N-dealkylation sites (tertiary alicyclic amines) is 3. The van der Waals surface area contributed by atoms with Gasteiger partial charge >= 0.3 is 0 Å². The molecule has 0 spiro atoms. The first-order chi connectivity index (χ1) is 17.3. The molecule has 5 rings (SSSR count). The summed E-state index contributed by atoms with van der Waals surface area (Å²) in [7, 11) is 0. The third kappa shape index (κ3) is 4.36. The summed E-state index contributed by atoms with van der Waals surface area (Å²) in [5.74, 6) is -0.843. The molecular weight excluding hydrogens is 464 g/mol. The van der Waals surface area contributed by atoms with Gasteiger partial charge in [-0.25, -0.2) is 8.78 Å². The number of benzene rings is 2. The van der Waals surface area contributed by atoms with Gasteiger partial charge in [-0.2, -0.15) is 5.26 Å². The van der Waals surface area contributed by atoms with E-state index in [0.29, 0.717) is 25.9 Å². The van der Waals surface area contributed by atoms with Gasteiger partial charge in [0, 0.05) is 25.7 Å². The molecule has 2 amide bonds. The van der Waals surface area contributed by atoms with E-state index in [1.165, 1.54) is 24.3 Å². The minimum absolute atomic E-state index is 0.0887. The van der Waals surface area contributed by atoms with E-state index in [2.05, 4.69) is 6.07 Å². The molecule has 0 radical (unpaired) electrons. The molecule has 3 heterocycles. The van der Waals surface area contributed by atoms with Crippen LogP contribution in [0.3, 0.4) is 0 Å². The summed E-state index contributed by atoms with van der Waals surface area (Å²) < 4.78 is 27.3. The van der Waals surface area contributed by atoms with Gasteiger partial charge in [-0.15, -0.1) is 0 Å². The Hall–Kier alpha value is -3.35. The van der Waals surface area contributed by atoms with E-state index in [1.54, 1.807) is 29.2 Å². The molecule has 188 valence electrons. The van der Waals surface area contributed by atoms with E-state index < -0.39 is 24.2 Å². The number of fused-ring (bicyclic) bond motifs is 2. The number of carbonyl (C=O) groups excluding carboxylic acids is 2. The van der Waals surface area contributed by atoms with Crippen molar-refractivity contribution in [1.29, 1.82) is 5.26 Å². The lowest BCUT2D eigenvalue weighted by Crippen LogP contribution is -2.57. The summed E-state index contributed by atoms with van der Waals surface area (Å²) in [6.07, 6.45) is 1.24. The molecule has 3 aliphatic rings. The van der Waals surface area contributed by atoms with Crippen LogP contribution in [0.5, 0.6) is 0 Å². The molecule has 9 heteroatoms. The maximum absolute atomic E-state index is 13.6. The molecule has 3 saturated heterocycles. The van der Waals surface area contributed by atoms with E-state index >= 15 is 0 Å². The van der Waals surface area contributed by atoms with Gasteiger partial charge in [0.15, 0.2) is 0 Å². The molecule has 2 aromatic carbocycles. The quantitative estimate of drug-likeness (QED) is 0.667. The lowest BCUT2D eigenvalue weighted by molar-refractivity contribution is -0.140. The van der Waals surface area contributed by atoms with Gasteiger partial charge in [0.25, 0.3) is 0 Å². The van der Waals surface area contributed by atoms with Crippen LogP contribution in [0.2, 0.25) is 0 Å². The number of halogens is 2. The molecule has 3 aliphatic heterocycles. The minimum atomic E-state index is -0.822. The van der Waals surface area contributed by atoms with Crippen LogP contribution < -0.4 is 5.73 Å². The van der Waals surface area contributed by atoms with Gasteiger partial charge in [-0.1, -0.05) is 31.2 Å². The molecule has 36 heavy (non-hydrogen) atoms. The Morgan fingerprint density at radius 2 is 1.64 bits per heavy atom. The number of carbonyl (C=O) groups is 2. The zero-order valence-corrected chi connectivity index (χ0v) is 20.1. The first-order valence-corrected chi connectivity index (χ1v) is 12.3. The summed E-state index contributed by atoms with van der Waals surface area (Å²) in [6.45, 7) is 3.31. The van der Waals surface area contributed by atoms with Crippen molar-refractivity contribution in [3.05, 3.63) is 71.3 Å². The molecular formula is C27H29F2N5O2. The second-order valence-corrected chi connectivity index (χ2v) is 10.2. The molecule has 0 saturated carbocycles. The van der Waals surface area contributed by atoms with Crippen LogP contribution in [-0.4, -0.2) is 70.3 Å². The van der Waals surface area contributed by atoms with Crippen LogP contribution in [0.15, 0.2) is 48.5 Å². The highest BCUT2D eigenvalue weighted by Gasteiger charge is 2.52. The molecule has 4 unspecified atom stereocenters. The lowest BCUT2D eigenvalue weighted by atomic mass is 9.96. The predicted octanol–water partition coefficient (Wildman–Crippen LogP) is 2.43. The predicted molar refractivity (Wildman–Crippen MR) is 128 cm³/mol. The summed E-state index contributed by atoms with van der Waals surface area (Å²) in [6, 6.07) is 11.9. The van der Waals surface area contributed by atoms with Gasteiger partial charge in [0.1, 0.15) is 17.7 Å². The van der Waals surface area contributed by atoms with E-state index in [-0.39, 0.29) is 42.0 Å². The first-order valence-electron chi connectivity index (χ1n) is 12.3. The number of hydrogen-bond donors (Lipinski definition) is 1. The minimum Gasteiger partial charge on any atom is -0.326 e. The number of hydrogen-bond acceptors (Lipinski definition) is 5. The van der Waals surface area contributed by atoms with Gasteiger partial charge in [-0.3, -0.25) is 14.5 Å². The van der Waals surface area contributed by atoms with Crippen molar-refractivity contribution in [1.82, 2.24) is 14.7 Å². The first kappa shape index (κ1) is 24.3. The smallest absolute Gasteiger partial charge is 0.241 e. The fourth-order valence-corrected chi connectivity index (χ4v) is 5.99. The Balaban J connectivity index is 1.33. The summed E-state index contributed by atoms with van der Waals surface area (Å²) in [5, 5.41) is 9.40. The zero-order chi connectivity index (χ0) is 25.6. The number of nitrogens with two attached hydrogens (primary N) is 1. The van der Waals surface area contributed by atoms with Crippen LogP contribution in [-0.2, 0) is 9.59 Å². The zero-order valence-electron chi connectivity index (χ0n) is 20.1. The monoisotopic (exact) mass is 493 g/mol. The van der Waals surface area contributed by atoms with Gasteiger partial charge in [0.05, 0.1) is 24.2 Å². The van der Waals surface area contributed by atoms with Crippen molar-refractivity contribution in [2.45, 2.75) is 50.0 Å². The van der Waals surface area contributed by atoms with E-state index in [9.17, 15) is 23.6 Å². The Kier molecular flexibility index (Phi) is 6.49. The number of piperazine rings is 1. The van der Waals surface area contributed by atoms with Crippen LogP contribution in [0.25, 0.3) is 0 Å². The highest BCUT2D eigenvalue weighted by atomic mass is 19.1. The Morgan fingerprint density at radius 1 is 1.06 bits per heavy atom. The molecule has 5 atom stereocenters. The average molecular weight is 494 g/mol. The summed E-state index contributed by atoms with van der Waals surface area (Å²) >= 11 is 0. The van der Waals surface area contributed by atoms with Crippen molar-refractivity contribution < 1.29 is 18.4 Å². The third-order valence-electron chi connectivity index (χ3n) is 7.65. The van der Waals surface area contributed by atoms with Crippen molar-refractivity contribution in [3.8, 4) is 6.07 Å². The standard InChI is InChI=1S/C27H29F2N5O2/c1-16-10-21(12-30)33(13-16)26(35)23(31)15-32-14-22-11-24(32)27(36)34(22)25(17-2-6-19(28)7-3-17)18-4-8-20(29)9-5-18/h2-9,16,21-25H,10-11,13-15,31H2,1H3/t16?,21?,22-,23?,24?/m0/s1. The SMILES string of the molecule is CC1CC(C#N)N(C(=O)C(N)CN2C[C@@H]3CC2C(=O)N3C(c2ccc(F)cc2)c2ccc(F)cc2)C1.